The lowest BCUT2D eigenvalue weighted by Crippen LogP contribution is -2.30. The monoisotopic (exact) mass is 1420 g/mol. The van der Waals surface area contributed by atoms with Crippen LogP contribution in [0.4, 0.5) is 0 Å². The van der Waals surface area contributed by atoms with Crippen molar-refractivity contribution in [2.75, 3.05) is 39.6 Å². The highest BCUT2D eigenvalue weighted by Gasteiger charge is 2.30. The van der Waals surface area contributed by atoms with Crippen molar-refractivity contribution >= 4 is 39.5 Å². The van der Waals surface area contributed by atoms with E-state index in [9.17, 15) is 43.2 Å². The van der Waals surface area contributed by atoms with Crippen LogP contribution in [0.1, 0.15) is 382 Å². The summed E-state index contributed by atoms with van der Waals surface area (Å²) < 4.78 is 68.5. The van der Waals surface area contributed by atoms with Crippen molar-refractivity contribution in [1.82, 2.24) is 0 Å². The van der Waals surface area contributed by atoms with E-state index in [1.54, 1.807) is 0 Å². The Kier molecular flexibility index (Phi) is 67.5. The molecule has 0 saturated carbocycles. The molecule has 0 rings (SSSR count). The minimum atomic E-state index is -4.97. The van der Waals surface area contributed by atoms with Gasteiger partial charge in [0.1, 0.15) is 19.3 Å². The Hall–Kier alpha value is -2.46. The van der Waals surface area contributed by atoms with Gasteiger partial charge in [0, 0.05) is 25.7 Å². The number of aliphatic hydroxyl groups is 1. The summed E-state index contributed by atoms with van der Waals surface area (Å²) in [7, 11) is -9.92. The third-order valence-electron chi connectivity index (χ3n) is 17.6. The van der Waals surface area contributed by atoms with Gasteiger partial charge < -0.3 is 33.8 Å². The molecule has 0 heterocycles. The summed E-state index contributed by atoms with van der Waals surface area (Å²) in [5, 5.41) is 10.6. The van der Waals surface area contributed by atoms with Crippen molar-refractivity contribution in [3.8, 4) is 0 Å². The van der Waals surface area contributed by atoms with Crippen LogP contribution in [0.3, 0.4) is 0 Å². The molecule has 3 N–H and O–H groups in total. The number of hydrogen-bond donors (Lipinski definition) is 3. The van der Waals surface area contributed by atoms with E-state index in [0.29, 0.717) is 31.6 Å². The lowest BCUT2D eigenvalue weighted by molar-refractivity contribution is -0.161. The molecule has 0 spiro atoms. The van der Waals surface area contributed by atoms with E-state index in [-0.39, 0.29) is 25.7 Å². The Morgan fingerprint density at radius 3 is 0.845 bits per heavy atom. The van der Waals surface area contributed by atoms with E-state index >= 15 is 0 Å². The zero-order valence-corrected chi connectivity index (χ0v) is 64.7. The number of esters is 4. The maximum absolute atomic E-state index is 13.1. The van der Waals surface area contributed by atoms with Crippen molar-refractivity contribution in [2.45, 2.75) is 400 Å². The van der Waals surface area contributed by atoms with Gasteiger partial charge in [0.05, 0.1) is 26.4 Å². The quantitative estimate of drug-likeness (QED) is 0.0169. The molecule has 0 aliphatic rings. The summed E-state index contributed by atoms with van der Waals surface area (Å²) in [6, 6.07) is 0. The van der Waals surface area contributed by atoms with Crippen LogP contribution >= 0.6 is 15.6 Å². The van der Waals surface area contributed by atoms with Crippen molar-refractivity contribution < 1.29 is 80.2 Å². The normalized spacial score (nSPS) is 14.1. The van der Waals surface area contributed by atoms with Gasteiger partial charge in [-0.15, -0.1) is 0 Å². The molecule has 0 saturated heterocycles. The second-order valence-corrected chi connectivity index (χ2v) is 31.3. The van der Waals surface area contributed by atoms with E-state index in [1.165, 1.54) is 180 Å². The highest BCUT2D eigenvalue weighted by molar-refractivity contribution is 7.47. The molecule has 0 aromatic heterocycles. The summed E-state index contributed by atoms with van der Waals surface area (Å²) in [6.45, 7) is 9.52. The molecule has 0 aliphatic heterocycles. The van der Waals surface area contributed by atoms with Crippen LogP contribution in [0.15, 0.2) is 24.3 Å². The lowest BCUT2D eigenvalue weighted by Gasteiger charge is -2.21. The molecule has 97 heavy (non-hydrogen) atoms. The highest BCUT2D eigenvalue weighted by Crippen LogP contribution is 2.45. The largest absolute Gasteiger partial charge is 0.472 e. The van der Waals surface area contributed by atoms with Crippen molar-refractivity contribution in [3.05, 3.63) is 24.3 Å². The van der Waals surface area contributed by atoms with Gasteiger partial charge in [-0.2, -0.15) is 0 Å². The summed E-state index contributed by atoms with van der Waals surface area (Å²) >= 11 is 0. The average Bonchev–Trinajstić information content (AvgIpc) is 3.10. The summed E-state index contributed by atoms with van der Waals surface area (Å²) in [5.41, 5.74) is 0. The first-order valence-electron chi connectivity index (χ1n) is 39.8. The lowest BCUT2D eigenvalue weighted by atomic mass is 10.0. The predicted octanol–water partition coefficient (Wildman–Crippen LogP) is 22.7. The molecule has 0 aliphatic carbocycles. The van der Waals surface area contributed by atoms with Gasteiger partial charge in [-0.05, 0) is 63.2 Å². The standard InChI is InChI=1S/C78H148O17P2/c1-7-9-11-13-15-17-19-20-25-29-32-36-43-49-55-61-76(81)89-66-73(94-77(82)62-56-50-44-37-33-30-27-24-22-21-23-26-28-31-34-40-46-52-58-70(3)4)68-92-96(84,85)90-64-72(79)65-91-97(86,87)93-69-74(67-88-75(80)60-54-48-42-35-18-16-14-12-10-8-2)95-78(83)63-57-51-45-39-38-41-47-53-59-71(5)6/h17,19-20,25,70-74,79H,7-16,18,21-24,26-69H2,1-6H3,(H,84,85)(H,86,87)/b19-17-,25-20-/t72-,73-,74-/m1/s1. The Bertz CT molecular complexity index is 1970. The molecule has 17 nitrogen and oxygen atoms in total. The van der Waals surface area contributed by atoms with Gasteiger partial charge in [-0.25, -0.2) is 9.13 Å². The summed E-state index contributed by atoms with van der Waals surface area (Å²) in [6.07, 6.45) is 60.6. The number of aliphatic hydroxyl groups excluding tert-OH is 1. The molecule has 0 amide bonds. The predicted molar refractivity (Wildman–Crippen MR) is 395 cm³/mol. The number of hydrogen-bond acceptors (Lipinski definition) is 15. The van der Waals surface area contributed by atoms with Crippen LogP contribution in [-0.2, 0) is 65.4 Å². The van der Waals surface area contributed by atoms with E-state index in [2.05, 4.69) is 65.8 Å². The Morgan fingerprint density at radius 1 is 0.320 bits per heavy atom. The second kappa shape index (κ2) is 69.3. The fourth-order valence-electron chi connectivity index (χ4n) is 11.5. The molecule has 0 fully saturated rings. The number of phosphoric ester groups is 2. The van der Waals surface area contributed by atoms with Crippen molar-refractivity contribution in [1.29, 1.82) is 0 Å². The van der Waals surface area contributed by atoms with E-state index in [4.69, 9.17) is 37.0 Å². The number of allylic oxidation sites excluding steroid dienone is 4. The maximum Gasteiger partial charge on any atom is 0.472 e. The van der Waals surface area contributed by atoms with Gasteiger partial charge in [-0.3, -0.25) is 37.3 Å². The first-order chi connectivity index (χ1) is 46.9. The van der Waals surface area contributed by atoms with E-state index in [1.807, 2.05) is 0 Å². The molecule has 5 atom stereocenters. The van der Waals surface area contributed by atoms with Crippen LogP contribution in [0, 0.1) is 11.8 Å². The Morgan fingerprint density at radius 2 is 0.557 bits per heavy atom. The van der Waals surface area contributed by atoms with Crippen LogP contribution in [0.2, 0.25) is 0 Å². The number of ether oxygens (including phenoxy) is 4. The van der Waals surface area contributed by atoms with Gasteiger partial charge in [0.15, 0.2) is 12.2 Å². The van der Waals surface area contributed by atoms with Crippen LogP contribution < -0.4 is 0 Å². The smallest absolute Gasteiger partial charge is 0.462 e. The van der Waals surface area contributed by atoms with Crippen LogP contribution in [0.25, 0.3) is 0 Å². The van der Waals surface area contributed by atoms with Crippen LogP contribution in [0.5, 0.6) is 0 Å². The van der Waals surface area contributed by atoms with E-state index in [0.717, 1.165) is 115 Å². The van der Waals surface area contributed by atoms with E-state index < -0.39 is 97.5 Å². The zero-order chi connectivity index (χ0) is 71.4. The number of carbonyl (C=O) groups excluding carboxylic acids is 4. The molecule has 0 aromatic carbocycles. The first kappa shape index (κ1) is 94.5. The molecule has 19 heteroatoms. The van der Waals surface area contributed by atoms with Gasteiger partial charge in [0.25, 0.3) is 0 Å². The first-order valence-corrected chi connectivity index (χ1v) is 42.8. The minimum absolute atomic E-state index is 0.101. The van der Waals surface area contributed by atoms with Crippen molar-refractivity contribution in [2.24, 2.45) is 11.8 Å². The average molecular weight is 1420 g/mol. The molecular weight excluding hydrogens is 1270 g/mol. The SMILES string of the molecule is CCCCCC/C=C\C=C/CCCCCCCC(=O)OC[C@H](COP(=O)(O)OC[C@@H](O)COP(=O)(O)OC[C@@H](COC(=O)CCCCCCCCCCCC)OC(=O)CCCCCCCCCCC(C)C)OC(=O)CCCCCCCCCCCCCCCCCCCCC(C)C. The molecule has 572 valence electrons. The van der Waals surface area contributed by atoms with Gasteiger partial charge in [-0.1, -0.05) is 329 Å². The fourth-order valence-corrected chi connectivity index (χ4v) is 13.0. The number of phosphoric acid groups is 2. The Labute approximate surface area is 592 Å². The van der Waals surface area contributed by atoms with Gasteiger partial charge in [0.2, 0.25) is 0 Å². The zero-order valence-electron chi connectivity index (χ0n) is 62.9. The second-order valence-electron chi connectivity index (χ2n) is 28.4. The topological polar surface area (TPSA) is 237 Å². The van der Waals surface area contributed by atoms with Crippen molar-refractivity contribution in [3.63, 3.8) is 0 Å². The number of unbranched alkanes of at least 4 members (excludes halogenated alkanes) is 42. The summed E-state index contributed by atoms with van der Waals surface area (Å²) in [5.74, 6) is -0.611. The molecular formula is C78H148O17P2. The molecule has 0 aromatic rings. The van der Waals surface area contributed by atoms with Gasteiger partial charge >= 0.3 is 39.5 Å². The molecule has 0 bridgehead atoms. The Balaban J connectivity index is 5.24. The maximum atomic E-state index is 13.1. The third kappa shape index (κ3) is 71.7. The third-order valence-corrected chi connectivity index (χ3v) is 19.5. The number of carbonyl (C=O) groups is 4. The summed E-state index contributed by atoms with van der Waals surface area (Å²) in [4.78, 5) is 72.8. The van der Waals surface area contributed by atoms with Crippen LogP contribution in [-0.4, -0.2) is 96.7 Å². The fraction of sp³-hybridized carbons (Fsp3) is 0.897. The minimum Gasteiger partial charge on any atom is -0.462 e. The number of rotatable bonds is 75. The highest BCUT2D eigenvalue weighted by atomic mass is 31.2. The molecule has 2 unspecified atom stereocenters. The molecule has 0 radical (unpaired) electrons.